The lowest BCUT2D eigenvalue weighted by molar-refractivity contribution is -0.137. The average Bonchev–Trinajstić information content (AvgIpc) is 3.26. The largest absolute Gasteiger partial charge is 0.416 e. The van der Waals surface area contributed by atoms with Gasteiger partial charge in [-0.15, -0.1) is 0 Å². The van der Waals surface area contributed by atoms with E-state index in [0.717, 1.165) is 18.7 Å². The van der Waals surface area contributed by atoms with Crippen molar-refractivity contribution in [3.63, 3.8) is 0 Å². The first-order valence-electron chi connectivity index (χ1n) is 12.4. The summed E-state index contributed by atoms with van der Waals surface area (Å²) in [5.74, 6) is 0.674. The van der Waals surface area contributed by atoms with Crippen LogP contribution >= 0.6 is 0 Å². The van der Waals surface area contributed by atoms with Crippen LogP contribution in [0, 0.1) is 6.92 Å². The van der Waals surface area contributed by atoms with Crippen molar-refractivity contribution in [3.05, 3.63) is 77.5 Å². The van der Waals surface area contributed by atoms with Crippen LogP contribution in [-0.2, 0) is 6.18 Å². The Hall–Kier alpha value is -3.09. The summed E-state index contributed by atoms with van der Waals surface area (Å²) in [5, 5.41) is 0. The fraction of sp³-hybridized carbons (Fsp3) is 0.429. The molecular formula is C28H35F3N4. The van der Waals surface area contributed by atoms with E-state index in [2.05, 4.69) is 45.8 Å². The highest BCUT2D eigenvalue weighted by Crippen LogP contribution is 2.35. The number of hydrogen-bond acceptors (Lipinski definition) is 3. The number of aromatic nitrogens is 3. The molecule has 1 aliphatic rings. The third-order valence-corrected chi connectivity index (χ3v) is 5.99. The average molecular weight is 485 g/mol. The van der Waals surface area contributed by atoms with Gasteiger partial charge in [0.25, 0.3) is 0 Å². The minimum absolute atomic E-state index is 0.482. The minimum atomic E-state index is -4.31. The minimum Gasteiger partial charge on any atom is -0.370 e. The van der Waals surface area contributed by atoms with Crippen molar-refractivity contribution < 1.29 is 13.2 Å². The molecule has 0 amide bonds. The summed E-state index contributed by atoms with van der Waals surface area (Å²) in [6, 6.07) is 11.4. The van der Waals surface area contributed by atoms with E-state index in [1.807, 2.05) is 12.3 Å². The Labute approximate surface area is 206 Å². The number of nitrogens with one attached hydrogen (secondary N) is 1. The standard InChI is InChI=1S/C17H26N2.C11H9F3N2/c1-3-5-14-19(13-4-2)17(15-9-8-10-15)16-11-6-7-12-18-16;1-7-15-6-10(16-7)8-3-2-4-9(5-8)11(12,13)14/h6-7,11-12H,3-5,8-10,13-14H2,1-2H3;2-6H,1H3,(H,15,16). The molecule has 35 heavy (non-hydrogen) atoms. The van der Waals surface area contributed by atoms with Gasteiger partial charge in [-0.05, 0) is 68.9 Å². The van der Waals surface area contributed by atoms with E-state index >= 15 is 0 Å². The van der Waals surface area contributed by atoms with Crippen LogP contribution < -0.4 is 0 Å². The van der Waals surface area contributed by atoms with E-state index in [1.165, 1.54) is 68.7 Å². The third kappa shape index (κ3) is 7.44. The number of alkyl halides is 3. The zero-order chi connectivity index (χ0) is 25.3. The number of imidazole rings is 1. The lowest BCUT2D eigenvalue weighted by atomic mass is 9.88. The number of halogens is 3. The van der Waals surface area contributed by atoms with Gasteiger partial charge in [-0.2, -0.15) is 13.2 Å². The second-order valence-corrected chi connectivity index (χ2v) is 8.82. The predicted molar refractivity (Wildman–Crippen MR) is 136 cm³/mol. The Kier molecular flexibility index (Phi) is 9.52. The van der Waals surface area contributed by atoms with Crippen molar-refractivity contribution in [2.45, 2.75) is 65.5 Å². The van der Waals surface area contributed by atoms with Crippen LogP contribution in [0.1, 0.15) is 69.5 Å². The molecule has 1 N–H and O–H groups in total. The SMILES string of the molecule is CCCCN(CCC)C(=C1CCC1)c1ccccn1.Cc1ncc(-c2cccc(C(F)(F)F)c2)[nH]1. The molecule has 1 fully saturated rings. The molecule has 2 heterocycles. The zero-order valence-corrected chi connectivity index (χ0v) is 20.8. The Morgan fingerprint density at radius 2 is 1.80 bits per heavy atom. The number of H-pyrrole nitrogens is 1. The number of rotatable bonds is 8. The van der Waals surface area contributed by atoms with Gasteiger partial charge >= 0.3 is 6.18 Å². The van der Waals surface area contributed by atoms with Crippen LogP contribution in [0.2, 0.25) is 0 Å². The van der Waals surface area contributed by atoms with Crippen LogP contribution in [0.15, 0.2) is 60.4 Å². The van der Waals surface area contributed by atoms with Gasteiger partial charge in [-0.3, -0.25) is 4.98 Å². The summed E-state index contributed by atoms with van der Waals surface area (Å²) in [6.07, 6.45) is 6.71. The lowest BCUT2D eigenvalue weighted by Gasteiger charge is -2.32. The topological polar surface area (TPSA) is 44.8 Å². The van der Waals surface area contributed by atoms with Gasteiger partial charge in [-0.1, -0.05) is 38.5 Å². The van der Waals surface area contributed by atoms with Crippen LogP contribution in [0.5, 0.6) is 0 Å². The summed E-state index contributed by atoms with van der Waals surface area (Å²) in [4.78, 5) is 14.0. The molecule has 7 heteroatoms. The van der Waals surface area contributed by atoms with E-state index in [9.17, 15) is 13.2 Å². The number of hydrogen-bond donors (Lipinski definition) is 1. The Bertz CT molecular complexity index is 1080. The van der Waals surface area contributed by atoms with Crippen molar-refractivity contribution in [2.75, 3.05) is 13.1 Å². The molecule has 0 saturated heterocycles. The molecule has 188 valence electrons. The lowest BCUT2D eigenvalue weighted by Crippen LogP contribution is -2.27. The van der Waals surface area contributed by atoms with Gasteiger partial charge in [0, 0.05) is 24.8 Å². The maximum atomic E-state index is 12.5. The van der Waals surface area contributed by atoms with Crippen LogP contribution in [0.3, 0.4) is 0 Å². The summed E-state index contributed by atoms with van der Waals surface area (Å²) in [7, 11) is 0. The smallest absolute Gasteiger partial charge is 0.370 e. The van der Waals surface area contributed by atoms with E-state index in [0.29, 0.717) is 17.1 Å². The second kappa shape index (κ2) is 12.6. The number of allylic oxidation sites excluding steroid dienone is 1. The number of unbranched alkanes of at least 4 members (excludes halogenated alkanes) is 1. The summed E-state index contributed by atoms with van der Waals surface area (Å²) < 4.78 is 37.4. The maximum absolute atomic E-state index is 12.5. The highest BCUT2D eigenvalue weighted by molar-refractivity contribution is 5.65. The molecule has 1 aliphatic carbocycles. The number of nitrogens with zero attached hydrogens (tertiary/aromatic N) is 3. The van der Waals surface area contributed by atoms with Crippen LogP contribution in [0.25, 0.3) is 17.0 Å². The monoisotopic (exact) mass is 484 g/mol. The van der Waals surface area contributed by atoms with Crippen molar-refractivity contribution in [3.8, 4) is 11.3 Å². The van der Waals surface area contributed by atoms with Gasteiger partial charge in [0.1, 0.15) is 5.82 Å². The summed E-state index contributed by atoms with van der Waals surface area (Å²) >= 11 is 0. The fourth-order valence-electron chi connectivity index (χ4n) is 4.04. The van der Waals surface area contributed by atoms with Gasteiger partial charge in [0.2, 0.25) is 0 Å². The molecule has 0 radical (unpaired) electrons. The van der Waals surface area contributed by atoms with Crippen molar-refractivity contribution in [1.82, 2.24) is 19.9 Å². The van der Waals surface area contributed by atoms with Crippen LogP contribution in [0.4, 0.5) is 13.2 Å². The Morgan fingerprint density at radius 3 is 2.34 bits per heavy atom. The molecule has 0 spiro atoms. The number of aromatic amines is 1. The van der Waals surface area contributed by atoms with E-state index in [4.69, 9.17) is 0 Å². The molecule has 0 atom stereocenters. The molecule has 1 aromatic carbocycles. The van der Waals surface area contributed by atoms with Gasteiger partial charge in [0.15, 0.2) is 0 Å². The second-order valence-electron chi connectivity index (χ2n) is 8.82. The van der Waals surface area contributed by atoms with Crippen molar-refractivity contribution in [2.24, 2.45) is 0 Å². The zero-order valence-electron chi connectivity index (χ0n) is 20.8. The molecular weight excluding hydrogens is 449 g/mol. The molecule has 4 nitrogen and oxygen atoms in total. The Balaban J connectivity index is 0.000000198. The maximum Gasteiger partial charge on any atom is 0.416 e. The molecule has 0 aliphatic heterocycles. The van der Waals surface area contributed by atoms with Gasteiger partial charge in [0.05, 0.1) is 28.8 Å². The summed E-state index contributed by atoms with van der Waals surface area (Å²) in [6.45, 7) is 8.59. The fourth-order valence-corrected chi connectivity index (χ4v) is 4.04. The van der Waals surface area contributed by atoms with E-state index < -0.39 is 11.7 Å². The molecule has 0 unspecified atom stereocenters. The van der Waals surface area contributed by atoms with E-state index in [1.54, 1.807) is 18.6 Å². The van der Waals surface area contributed by atoms with Crippen molar-refractivity contribution in [1.29, 1.82) is 0 Å². The molecule has 2 aromatic heterocycles. The molecule has 4 rings (SSSR count). The first kappa shape index (κ1) is 26.5. The van der Waals surface area contributed by atoms with Crippen LogP contribution in [-0.4, -0.2) is 32.9 Å². The predicted octanol–water partition coefficient (Wildman–Crippen LogP) is 7.89. The quantitative estimate of drug-likeness (QED) is 0.353. The molecule has 3 aromatic rings. The highest BCUT2D eigenvalue weighted by Gasteiger charge is 2.30. The highest BCUT2D eigenvalue weighted by atomic mass is 19.4. The third-order valence-electron chi connectivity index (χ3n) is 5.99. The van der Waals surface area contributed by atoms with Crippen molar-refractivity contribution >= 4 is 5.70 Å². The number of benzene rings is 1. The number of pyridine rings is 1. The Morgan fingerprint density at radius 1 is 1.00 bits per heavy atom. The van der Waals surface area contributed by atoms with Gasteiger partial charge < -0.3 is 9.88 Å². The first-order valence-corrected chi connectivity index (χ1v) is 12.4. The molecule has 1 saturated carbocycles. The number of aryl methyl sites for hydroxylation is 1. The molecule has 0 bridgehead atoms. The first-order chi connectivity index (χ1) is 16.8. The normalized spacial score (nSPS) is 13.0. The van der Waals surface area contributed by atoms with E-state index in [-0.39, 0.29) is 0 Å². The summed E-state index contributed by atoms with van der Waals surface area (Å²) in [5.41, 5.74) is 4.63. The van der Waals surface area contributed by atoms with Gasteiger partial charge in [-0.25, -0.2) is 4.98 Å².